The number of carbonyl (C=O) groups is 1. The fraction of sp³-hybridized carbons (Fsp3) is 0.423. The summed E-state index contributed by atoms with van der Waals surface area (Å²) in [4.78, 5) is 14.0. The van der Waals surface area contributed by atoms with E-state index in [0.29, 0.717) is 34.7 Å². The molecular formula is C26H32N4O3. The molecule has 0 unspecified atom stereocenters. The van der Waals surface area contributed by atoms with E-state index in [1.165, 1.54) is 0 Å². The van der Waals surface area contributed by atoms with Gasteiger partial charge in [0.2, 0.25) is 0 Å². The Balaban J connectivity index is 1.67. The third-order valence-corrected chi connectivity index (χ3v) is 6.48. The molecule has 2 N–H and O–H groups in total. The number of phenols is 1. The van der Waals surface area contributed by atoms with Crippen molar-refractivity contribution in [2.45, 2.75) is 57.7 Å². The topological polar surface area (TPSA) is 87.6 Å². The van der Waals surface area contributed by atoms with Crippen molar-refractivity contribution in [3.8, 4) is 22.8 Å². The Kier molecular flexibility index (Phi) is 5.78. The summed E-state index contributed by atoms with van der Waals surface area (Å²) in [5, 5.41) is 24.9. The first-order valence-electron chi connectivity index (χ1n) is 11.2. The van der Waals surface area contributed by atoms with E-state index in [9.17, 15) is 9.90 Å². The third-order valence-electron chi connectivity index (χ3n) is 6.48. The number of fused-ring (bicyclic) bond motifs is 1. The van der Waals surface area contributed by atoms with Crippen LogP contribution in [0.1, 0.15) is 50.9 Å². The molecule has 0 spiro atoms. The largest absolute Gasteiger partial charge is 0.506 e. The Hall–Kier alpha value is -3.19. The van der Waals surface area contributed by atoms with E-state index in [0.717, 1.165) is 24.0 Å². The van der Waals surface area contributed by atoms with Gasteiger partial charge in [0.25, 0.3) is 0 Å². The van der Waals surface area contributed by atoms with E-state index >= 15 is 0 Å². The van der Waals surface area contributed by atoms with E-state index in [1.807, 2.05) is 30.3 Å². The second kappa shape index (κ2) is 8.30. The number of aldehydes is 1. The smallest absolute Gasteiger partial charge is 0.154 e. The normalized spacial score (nSPS) is 17.6. The summed E-state index contributed by atoms with van der Waals surface area (Å²) in [5.41, 5.74) is 1.25. The number of phenolic OH excluding ortho intramolecular Hbond substituents is 1. The van der Waals surface area contributed by atoms with Crippen LogP contribution in [0, 0.1) is 0 Å². The zero-order valence-electron chi connectivity index (χ0n) is 20.1. The first kappa shape index (κ1) is 23.0. The number of hydrogen-bond acceptors (Lipinski definition) is 7. The average molecular weight is 449 g/mol. The van der Waals surface area contributed by atoms with Gasteiger partial charge < -0.3 is 20.1 Å². The Morgan fingerprint density at radius 3 is 2.36 bits per heavy atom. The van der Waals surface area contributed by atoms with Crippen molar-refractivity contribution in [1.29, 1.82) is 0 Å². The lowest BCUT2D eigenvalue weighted by Gasteiger charge is -2.49. The van der Waals surface area contributed by atoms with Crippen molar-refractivity contribution in [2.24, 2.45) is 0 Å². The van der Waals surface area contributed by atoms with Gasteiger partial charge in [-0.05, 0) is 81.6 Å². The van der Waals surface area contributed by atoms with Gasteiger partial charge in [-0.25, -0.2) is 0 Å². The molecule has 3 aromatic rings. The van der Waals surface area contributed by atoms with E-state index in [4.69, 9.17) is 4.74 Å². The van der Waals surface area contributed by atoms with E-state index in [-0.39, 0.29) is 22.4 Å². The first-order valence-corrected chi connectivity index (χ1v) is 11.2. The van der Waals surface area contributed by atoms with E-state index < -0.39 is 0 Å². The van der Waals surface area contributed by atoms with Crippen LogP contribution in [0.4, 0.5) is 5.82 Å². The van der Waals surface area contributed by atoms with E-state index in [1.54, 1.807) is 13.2 Å². The number of carbonyl (C=O) groups excluding carboxylic acids is 1. The van der Waals surface area contributed by atoms with Gasteiger partial charge in [0.05, 0.1) is 18.4 Å². The number of nitrogens with zero attached hydrogens (tertiary/aromatic N) is 3. The minimum absolute atomic E-state index is 0.0266. The highest BCUT2D eigenvalue weighted by molar-refractivity contribution is 6.04. The Bertz CT molecular complexity index is 1170. The number of rotatable bonds is 5. The summed E-state index contributed by atoms with van der Waals surface area (Å²) in [6, 6.07) is 11.3. The predicted octanol–water partition coefficient (Wildman–Crippen LogP) is 4.57. The van der Waals surface area contributed by atoms with Gasteiger partial charge in [0.1, 0.15) is 11.5 Å². The molecule has 0 amide bonds. The molecule has 0 bridgehead atoms. The number of benzene rings is 2. The summed E-state index contributed by atoms with van der Waals surface area (Å²) in [7, 11) is 3.62. The molecule has 1 aliphatic rings. The van der Waals surface area contributed by atoms with Gasteiger partial charge in [-0.2, -0.15) is 0 Å². The molecule has 1 saturated heterocycles. The second-order valence-electron chi connectivity index (χ2n) is 10.2. The van der Waals surface area contributed by atoms with Crippen molar-refractivity contribution in [3.63, 3.8) is 0 Å². The standard InChI is InChI=1S/C26H32N4O3/c1-25(2)13-17(14-26(3,4)29-25)30(5)23-10-9-22(27-28-23)20-11-16-7-8-18(33-6)12-19(16)21(15-31)24(20)32/h7-12,15,17,29,32H,13-14H2,1-6H3. The number of piperidine rings is 1. The van der Waals surface area contributed by atoms with Crippen LogP contribution in [0.2, 0.25) is 0 Å². The Morgan fingerprint density at radius 2 is 1.79 bits per heavy atom. The van der Waals surface area contributed by atoms with Crippen LogP contribution in [0.25, 0.3) is 22.0 Å². The highest BCUT2D eigenvalue weighted by Gasteiger charge is 2.39. The predicted molar refractivity (Wildman–Crippen MR) is 131 cm³/mol. The van der Waals surface area contributed by atoms with E-state index in [2.05, 4.69) is 55.2 Å². The maximum atomic E-state index is 11.8. The number of ether oxygens (including phenoxy) is 1. The molecule has 7 heteroatoms. The molecule has 1 fully saturated rings. The van der Waals surface area contributed by atoms with Crippen molar-refractivity contribution >= 4 is 22.9 Å². The van der Waals surface area contributed by atoms with Gasteiger partial charge in [-0.15, -0.1) is 10.2 Å². The van der Waals surface area contributed by atoms with Crippen LogP contribution in [0.5, 0.6) is 11.5 Å². The number of aromatic nitrogens is 2. The second-order valence-corrected chi connectivity index (χ2v) is 10.2. The minimum atomic E-state index is -0.108. The monoisotopic (exact) mass is 448 g/mol. The molecule has 0 radical (unpaired) electrons. The number of methoxy groups -OCH3 is 1. The number of anilines is 1. The molecule has 0 saturated carbocycles. The third kappa shape index (κ3) is 4.50. The maximum absolute atomic E-state index is 11.8. The van der Waals surface area contributed by atoms with Crippen molar-refractivity contribution in [1.82, 2.24) is 15.5 Å². The fourth-order valence-electron chi connectivity index (χ4n) is 5.22. The summed E-state index contributed by atoms with van der Waals surface area (Å²) in [6.45, 7) is 8.91. The molecule has 33 heavy (non-hydrogen) atoms. The average Bonchev–Trinajstić information content (AvgIpc) is 2.76. The van der Waals surface area contributed by atoms with Crippen LogP contribution in [-0.2, 0) is 0 Å². The molecule has 1 aliphatic heterocycles. The van der Waals surface area contributed by atoms with Crippen LogP contribution in [0.15, 0.2) is 36.4 Å². The van der Waals surface area contributed by atoms with Gasteiger partial charge in [0.15, 0.2) is 12.1 Å². The van der Waals surface area contributed by atoms with Gasteiger partial charge in [0, 0.05) is 29.7 Å². The quantitative estimate of drug-likeness (QED) is 0.553. The van der Waals surface area contributed by atoms with Crippen LogP contribution >= 0.6 is 0 Å². The Morgan fingerprint density at radius 1 is 1.09 bits per heavy atom. The zero-order valence-corrected chi connectivity index (χ0v) is 20.1. The molecule has 0 aliphatic carbocycles. The summed E-state index contributed by atoms with van der Waals surface area (Å²) in [5.74, 6) is 1.29. The summed E-state index contributed by atoms with van der Waals surface area (Å²) >= 11 is 0. The minimum Gasteiger partial charge on any atom is -0.506 e. The van der Waals surface area contributed by atoms with Crippen molar-refractivity contribution in [3.05, 3.63) is 42.0 Å². The first-order chi connectivity index (χ1) is 15.5. The molecule has 1 aromatic heterocycles. The molecule has 2 aromatic carbocycles. The van der Waals surface area contributed by atoms with Crippen molar-refractivity contribution < 1.29 is 14.6 Å². The molecule has 7 nitrogen and oxygen atoms in total. The van der Waals surface area contributed by atoms with Crippen LogP contribution in [0.3, 0.4) is 0 Å². The summed E-state index contributed by atoms with van der Waals surface area (Å²) in [6.07, 6.45) is 2.65. The number of nitrogens with one attached hydrogen (secondary N) is 1. The molecule has 174 valence electrons. The molecule has 4 rings (SSSR count). The highest BCUT2D eigenvalue weighted by atomic mass is 16.5. The summed E-state index contributed by atoms with van der Waals surface area (Å²) < 4.78 is 5.26. The molecule has 0 atom stereocenters. The van der Waals surface area contributed by atoms with Crippen LogP contribution in [-0.4, -0.2) is 52.9 Å². The maximum Gasteiger partial charge on any atom is 0.154 e. The SMILES string of the molecule is COc1ccc2cc(-c3ccc(N(C)C4CC(C)(C)NC(C)(C)C4)nn3)c(O)c(C=O)c2c1. The fourth-order valence-corrected chi connectivity index (χ4v) is 5.22. The van der Waals surface area contributed by atoms with Gasteiger partial charge in [-0.1, -0.05) is 6.07 Å². The highest BCUT2D eigenvalue weighted by Crippen LogP contribution is 2.38. The van der Waals surface area contributed by atoms with Gasteiger partial charge in [-0.3, -0.25) is 4.79 Å². The lowest BCUT2D eigenvalue weighted by molar-refractivity contribution is 0.112. The lowest BCUT2D eigenvalue weighted by atomic mass is 9.79. The van der Waals surface area contributed by atoms with Gasteiger partial charge >= 0.3 is 0 Å². The number of hydrogen-bond donors (Lipinski definition) is 2. The number of aromatic hydroxyl groups is 1. The lowest BCUT2D eigenvalue weighted by Crippen LogP contribution is -2.62. The van der Waals surface area contributed by atoms with Crippen LogP contribution < -0.4 is 15.0 Å². The van der Waals surface area contributed by atoms with Crippen molar-refractivity contribution in [2.75, 3.05) is 19.1 Å². The Labute approximate surface area is 194 Å². The zero-order chi connectivity index (χ0) is 24.0. The molecular weight excluding hydrogens is 416 g/mol. The molecule has 2 heterocycles.